The fourth-order valence-corrected chi connectivity index (χ4v) is 1.74. The van der Waals surface area contributed by atoms with Crippen molar-refractivity contribution in [3.63, 3.8) is 0 Å². The molecule has 0 saturated heterocycles. The number of pyridine rings is 1. The van der Waals surface area contributed by atoms with Gasteiger partial charge in [0.05, 0.1) is 12.1 Å². The molecule has 0 atom stereocenters. The van der Waals surface area contributed by atoms with Crippen molar-refractivity contribution in [2.75, 3.05) is 0 Å². The summed E-state index contributed by atoms with van der Waals surface area (Å²) in [7, 11) is 0. The van der Waals surface area contributed by atoms with Gasteiger partial charge in [0.2, 0.25) is 5.91 Å². The van der Waals surface area contributed by atoms with Crippen molar-refractivity contribution in [2.24, 2.45) is 5.73 Å². The number of hydrogen-bond donors (Lipinski definition) is 2. The van der Waals surface area contributed by atoms with Crippen LogP contribution in [0.15, 0.2) is 47.4 Å². The van der Waals surface area contributed by atoms with Crippen molar-refractivity contribution in [1.29, 1.82) is 0 Å². The Balaban J connectivity index is 2.24. The highest BCUT2D eigenvalue weighted by atomic mass is 16.4. The number of carboxylic acids is 1. The Bertz CT molecular complexity index is 717. The Hall–Kier alpha value is -2.89. The number of nitrogens with two attached hydrogens (primary N) is 1. The third-order valence-corrected chi connectivity index (χ3v) is 2.83. The van der Waals surface area contributed by atoms with Gasteiger partial charge in [-0.05, 0) is 23.8 Å². The molecule has 3 N–H and O–H groups in total. The first kappa shape index (κ1) is 13.5. The number of aromatic nitrogens is 1. The maximum Gasteiger partial charge on any atom is 0.335 e. The summed E-state index contributed by atoms with van der Waals surface area (Å²) in [4.78, 5) is 33.4. The molecule has 1 aromatic carbocycles. The quantitative estimate of drug-likeness (QED) is 0.854. The standard InChI is InChI=1S/C14H12N2O4/c15-13(18)10-3-1-9(2-4-10)8-16-6-5-11(14(19)20)7-12(16)17/h1-7H,8H2,(H2,15,18)(H,19,20). The minimum absolute atomic E-state index is 0.0460. The number of carbonyl (C=O) groups excluding carboxylic acids is 1. The first-order valence-corrected chi connectivity index (χ1v) is 5.80. The highest BCUT2D eigenvalue weighted by molar-refractivity contribution is 5.92. The van der Waals surface area contributed by atoms with Crippen LogP contribution in [0.5, 0.6) is 0 Å². The van der Waals surface area contributed by atoms with Crippen molar-refractivity contribution >= 4 is 11.9 Å². The minimum atomic E-state index is -1.14. The number of carbonyl (C=O) groups is 2. The predicted octanol–water partition coefficient (Wildman–Crippen LogP) is 0.694. The van der Waals surface area contributed by atoms with Crippen LogP contribution in [0, 0.1) is 0 Å². The summed E-state index contributed by atoms with van der Waals surface area (Å²) in [6.07, 6.45) is 1.42. The lowest BCUT2D eigenvalue weighted by molar-refractivity contribution is 0.0696. The molecule has 0 radical (unpaired) electrons. The van der Waals surface area contributed by atoms with Gasteiger partial charge in [-0.15, -0.1) is 0 Å². The van der Waals surface area contributed by atoms with Gasteiger partial charge in [0, 0.05) is 17.8 Å². The zero-order chi connectivity index (χ0) is 14.7. The molecule has 0 aliphatic rings. The van der Waals surface area contributed by atoms with Crippen molar-refractivity contribution in [1.82, 2.24) is 4.57 Å². The third kappa shape index (κ3) is 2.92. The van der Waals surface area contributed by atoms with Gasteiger partial charge in [-0.25, -0.2) is 4.79 Å². The van der Waals surface area contributed by atoms with Crippen LogP contribution >= 0.6 is 0 Å². The van der Waals surface area contributed by atoms with E-state index in [2.05, 4.69) is 0 Å². The van der Waals surface area contributed by atoms with Crippen molar-refractivity contribution in [3.05, 3.63) is 69.6 Å². The second-order valence-corrected chi connectivity index (χ2v) is 4.25. The Morgan fingerprint density at radius 2 is 1.75 bits per heavy atom. The molecule has 102 valence electrons. The van der Waals surface area contributed by atoms with Crippen LogP contribution in [0.25, 0.3) is 0 Å². The normalized spacial score (nSPS) is 10.2. The fourth-order valence-electron chi connectivity index (χ4n) is 1.74. The molecule has 1 heterocycles. The van der Waals surface area contributed by atoms with E-state index < -0.39 is 17.4 Å². The van der Waals surface area contributed by atoms with Gasteiger partial charge in [0.25, 0.3) is 5.56 Å². The molecule has 0 bridgehead atoms. The topological polar surface area (TPSA) is 102 Å². The third-order valence-electron chi connectivity index (χ3n) is 2.83. The average Bonchev–Trinajstić information content (AvgIpc) is 2.41. The van der Waals surface area contributed by atoms with E-state index in [9.17, 15) is 14.4 Å². The molecule has 0 aliphatic heterocycles. The van der Waals surface area contributed by atoms with Gasteiger partial charge < -0.3 is 15.4 Å². The van der Waals surface area contributed by atoms with Crippen LogP contribution in [0.3, 0.4) is 0 Å². The molecule has 2 rings (SSSR count). The van der Waals surface area contributed by atoms with E-state index in [0.717, 1.165) is 11.6 Å². The van der Waals surface area contributed by atoms with Crippen LogP contribution < -0.4 is 11.3 Å². The number of primary amides is 1. The summed E-state index contributed by atoms with van der Waals surface area (Å²) in [5.74, 6) is -1.65. The average molecular weight is 272 g/mol. The van der Waals surface area contributed by atoms with Crippen LogP contribution in [0.2, 0.25) is 0 Å². The summed E-state index contributed by atoms with van der Waals surface area (Å²) >= 11 is 0. The highest BCUT2D eigenvalue weighted by Crippen LogP contribution is 2.05. The summed E-state index contributed by atoms with van der Waals surface area (Å²) < 4.78 is 1.38. The Morgan fingerprint density at radius 1 is 1.10 bits per heavy atom. The number of amides is 1. The van der Waals surface area contributed by atoms with Crippen LogP contribution in [-0.2, 0) is 6.54 Å². The Labute approximate surface area is 114 Å². The lowest BCUT2D eigenvalue weighted by Gasteiger charge is -2.06. The Morgan fingerprint density at radius 3 is 2.25 bits per heavy atom. The molecule has 0 aliphatic carbocycles. The number of benzene rings is 1. The van der Waals surface area contributed by atoms with Gasteiger partial charge in [0.15, 0.2) is 0 Å². The molecule has 0 saturated carbocycles. The van der Waals surface area contributed by atoms with Gasteiger partial charge in [-0.3, -0.25) is 9.59 Å². The smallest absolute Gasteiger partial charge is 0.335 e. The molecule has 2 aromatic rings. The maximum atomic E-state index is 11.7. The second kappa shape index (κ2) is 5.40. The fraction of sp³-hybridized carbons (Fsp3) is 0.0714. The summed E-state index contributed by atoms with van der Waals surface area (Å²) in [5, 5.41) is 8.78. The molecule has 0 spiro atoms. The first-order chi connectivity index (χ1) is 9.47. The van der Waals surface area contributed by atoms with Gasteiger partial charge in [0.1, 0.15) is 0 Å². The van der Waals surface area contributed by atoms with Crippen molar-refractivity contribution in [2.45, 2.75) is 6.54 Å². The first-order valence-electron chi connectivity index (χ1n) is 5.80. The summed E-state index contributed by atoms with van der Waals surface area (Å²) in [6, 6.07) is 8.97. The molecule has 1 amide bonds. The van der Waals surface area contributed by atoms with E-state index in [1.54, 1.807) is 24.3 Å². The molecule has 6 heteroatoms. The SMILES string of the molecule is NC(=O)c1ccc(Cn2ccc(C(=O)O)cc2=O)cc1. The highest BCUT2D eigenvalue weighted by Gasteiger charge is 2.06. The number of carboxylic acid groups (broad SMARTS) is 1. The molecule has 6 nitrogen and oxygen atoms in total. The van der Waals surface area contributed by atoms with E-state index in [4.69, 9.17) is 10.8 Å². The molecule has 0 unspecified atom stereocenters. The van der Waals surface area contributed by atoms with Crippen molar-refractivity contribution < 1.29 is 14.7 Å². The van der Waals surface area contributed by atoms with Crippen molar-refractivity contribution in [3.8, 4) is 0 Å². The second-order valence-electron chi connectivity index (χ2n) is 4.25. The van der Waals surface area contributed by atoms with E-state index in [0.29, 0.717) is 5.56 Å². The van der Waals surface area contributed by atoms with Crippen LogP contribution in [0.1, 0.15) is 26.3 Å². The van der Waals surface area contributed by atoms with Gasteiger partial charge in [-0.2, -0.15) is 0 Å². The molecular formula is C14H12N2O4. The van der Waals surface area contributed by atoms with E-state index in [1.807, 2.05) is 0 Å². The number of aromatic carboxylic acids is 1. The number of rotatable bonds is 4. The Kier molecular flexibility index (Phi) is 3.65. The largest absolute Gasteiger partial charge is 0.478 e. The van der Waals surface area contributed by atoms with Gasteiger partial charge in [-0.1, -0.05) is 12.1 Å². The lowest BCUT2D eigenvalue weighted by Crippen LogP contribution is -2.20. The zero-order valence-electron chi connectivity index (χ0n) is 10.4. The molecular weight excluding hydrogens is 260 g/mol. The van der Waals surface area contributed by atoms with E-state index in [-0.39, 0.29) is 12.1 Å². The monoisotopic (exact) mass is 272 g/mol. The van der Waals surface area contributed by atoms with Crippen LogP contribution in [-0.4, -0.2) is 21.6 Å². The minimum Gasteiger partial charge on any atom is -0.478 e. The van der Waals surface area contributed by atoms with Gasteiger partial charge >= 0.3 is 5.97 Å². The van der Waals surface area contributed by atoms with E-state index >= 15 is 0 Å². The number of hydrogen-bond acceptors (Lipinski definition) is 3. The molecule has 20 heavy (non-hydrogen) atoms. The lowest BCUT2D eigenvalue weighted by atomic mass is 10.1. The molecule has 1 aromatic heterocycles. The number of nitrogens with zero attached hydrogens (tertiary/aromatic N) is 1. The summed E-state index contributed by atoms with van der Waals surface area (Å²) in [6.45, 7) is 0.289. The maximum absolute atomic E-state index is 11.7. The molecule has 0 fully saturated rings. The zero-order valence-corrected chi connectivity index (χ0v) is 10.4. The van der Waals surface area contributed by atoms with E-state index in [1.165, 1.54) is 16.8 Å². The predicted molar refractivity (Wildman–Crippen MR) is 71.7 cm³/mol. The summed E-state index contributed by atoms with van der Waals surface area (Å²) in [5.41, 5.74) is 5.89. The van der Waals surface area contributed by atoms with Crippen LogP contribution in [0.4, 0.5) is 0 Å².